The number of unbranched alkanes of at least 4 members (excludes halogenated alkanes) is 3. The quantitative estimate of drug-likeness (QED) is 0.634. The molecule has 2 rings (SSSR count). The molecule has 1 aliphatic heterocycles. The van der Waals surface area contributed by atoms with Crippen LogP contribution in [0.15, 0.2) is 16.6 Å². The molecule has 2 N–H and O–H groups in total. The van der Waals surface area contributed by atoms with Gasteiger partial charge in [-0.25, -0.2) is 4.99 Å². The summed E-state index contributed by atoms with van der Waals surface area (Å²) >= 11 is 1.73. The Morgan fingerprint density at radius 3 is 3.00 bits per heavy atom. The lowest BCUT2D eigenvalue weighted by molar-refractivity contribution is -0.104. The average Bonchev–Trinajstić information content (AvgIpc) is 2.68. The number of nitrogens with two attached hydrogens (primary N) is 1. The SMILES string of the molecule is CCCCCCc1cc2c(s1)C=C(C=O)CC(N)=N2. The number of fused-ring (bicyclic) bond motifs is 1. The highest BCUT2D eigenvalue weighted by Gasteiger charge is 2.13. The molecule has 0 aliphatic carbocycles. The number of aryl methyl sites for hydroxylation is 1. The van der Waals surface area contributed by atoms with E-state index in [1.165, 1.54) is 30.6 Å². The molecule has 4 heteroatoms. The summed E-state index contributed by atoms with van der Waals surface area (Å²) in [6.45, 7) is 2.22. The van der Waals surface area contributed by atoms with Gasteiger partial charge in [-0.2, -0.15) is 0 Å². The van der Waals surface area contributed by atoms with E-state index in [9.17, 15) is 4.79 Å². The van der Waals surface area contributed by atoms with Crippen LogP contribution in [0, 0.1) is 0 Å². The minimum absolute atomic E-state index is 0.455. The molecule has 0 unspecified atom stereocenters. The van der Waals surface area contributed by atoms with Crippen molar-refractivity contribution in [2.24, 2.45) is 10.7 Å². The van der Waals surface area contributed by atoms with Crippen molar-refractivity contribution in [1.29, 1.82) is 0 Å². The maximum Gasteiger partial charge on any atom is 0.146 e. The summed E-state index contributed by atoms with van der Waals surface area (Å²) in [5.41, 5.74) is 7.45. The van der Waals surface area contributed by atoms with Crippen molar-refractivity contribution in [3.05, 3.63) is 21.4 Å². The molecule has 0 spiro atoms. The molecule has 3 nitrogen and oxygen atoms in total. The van der Waals surface area contributed by atoms with Gasteiger partial charge in [0.2, 0.25) is 0 Å². The number of aldehydes is 1. The summed E-state index contributed by atoms with van der Waals surface area (Å²) in [5, 5.41) is 0. The van der Waals surface area contributed by atoms with Crippen molar-refractivity contribution in [2.75, 3.05) is 0 Å². The Hall–Kier alpha value is -1.42. The van der Waals surface area contributed by atoms with Gasteiger partial charge in [0.15, 0.2) is 0 Å². The van der Waals surface area contributed by atoms with Crippen LogP contribution >= 0.6 is 11.3 Å². The van der Waals surface area contributed by atoms with Gasteiger partial charge in [-0.1, -0.05) is 26.2 Å². The Labute approximate surface area is 118 Å². The van der Waals surface area contributed by atoms with Crippen LogP contribution in [0.3, 0.4) is 0 Å². The van der Waals surface area contributed by atoms with Gasteiger partial charge < -0.3 is 5.73 Å². The lowest BCUT2D eigenvalue weighted by Gasteiger charge is -1.97. The molecule has 1 aromatic rings. The third-order valence-corrected chi connectivity index (χ3v) is 4.32. The molecule has 19 heavy (non-hydrogen) atoms. The predicted octanol–water partition coefficient (Wildman–Crippen LogP) is 3.85. The van der Waals surface area contributed by atoms with E-state index >= 15 is 0 Å². The molecule has 0 aromatic carbocycles. The molecular weight excluding hydrogens is 256 g/mol. The number of amidine groups is 1. The molecule has 0 saturated heterocycles. The minimum Gasteiger partial charge on any atom is -0.387 e. The second-order valence-electron chi connectivity index (χ2n) is 4.89. The number of rotatable bonds is 6. The van der Waals surface area contributed by atoms with Crippen LogP contribution < -0.4 is 5.73 Å². The summed E-state index contributed by atoms with van der Waals surface area (Å²) in [6, 6.07) is 2.11. The standard InChI is InChI=1S/C15H20N2OS/c1-2-3-4-5-6-12-9-13-14(19-12)7-11(10-18)8-15(16)17-13/h7,9-10H,2-6,8H2,1H3,(H2,16,17). The number of hydrogen-bond acceptors (Lipinski definition) is 4. The molecule has 1 aliphatic rings. The minimum atomic E-state index is 0.455. The fourth-order valence-corrected chi connectivity index (χ4v) is 3.30. The first-order valence-electron chi connectivity index (χ1n) is 6.84. The Bertz CT molecular complexity index is 514. The van der Waals surface area contributed by atoms with Crippen LogP contribution in [-0.4, -0.2) is 12.1 Å². The first-order valence-corrected chi connectivity index (χ1v) is 7.66. The molecule has 0 radical (unpaired) electrons. The van der Waals surface area contributed by atoms with Crippen LogP contribution in [0.4, 0.5) is 5.69 Å². The number of carbonyl (C=O) groups excluding carboxylic acids is 1. The topological polar surface area (TPSA) is 55.5 Å². The summed E-state index contributed by atoms with van der Waals surface area (Å²) in [6.07, 6.45) is 9.40. The van der Waals surface area contributed by atoms with Crippen LogP contribution in [0.5, 0.6) is 0 Å². The van der Waals surface area contributed by atoms with E-state index in [0.29, 0.717) is 17.8 Å². The molecule has 0 atom stereocenters. The fraction of sp³-hybridized carbons (Fsp3) is 0.467. The zero-order valence-corrected chi connectivity index (χ0v) is 12.1. The van der Waals surface area contributed by atoms with Crippen molar-refractivity contribution < 1.29 is 4.79 Å². The molecule has 0 saturated carbocycles. The lowest BCUT2D eigenvalue weighted by atomic mass is 10.1. The van der Waals surface area contributed by atoms with Gasteiger partial charge in [0, 0.05) is 16.9 Å². The summed E-state index contributed by atoms with van der Waals surface area (Å²) in [7, 11) is 0. The molecule has 0 fully saturated rings. The molecule has 0 amide bonds. The van der Waals surface area contributed by atoms with E-state index in [1.54, 1.807) is 11.3 Å². The third-order valence-electron chi connectivity index (χ3n) is 3.19. The van der Waals surface area contributed by atoms with Gasteiger partial charge >= 0.3 is 0 Å². The van der Waals surface area contributed by atoms with Gasteiger partial charge in [0.05, 0.1) is 10.6 Å². The fourth-order valence-electron chi connectivity index (χ4n) is 2.19. The van der Waals surface area contributed by atoms with Crippen molar-refractivity contribution in [3.63, 3.8) is 0 Å². The van der Waals surface area contributed by atoms with Crippen LogP contribution in [0.1, 0.15) is 48.8 Å². The van der Waals surface area contributed by atoms with Crippen molar-refractivity contribution in [1.82, 2.24) is 0 Å². The highest BCUT2D eigenvalue weighted by molar-refractivity contribution is 7.13. The zero-order chi connectivity index (χ0) is 13.7. The second kappa shape index (κ2) is 6.66. The number of carbonyl (C=O) groups is 1. The molecule has 1 aromatic heterocycles. The third kappa shape index (κ3) is 3.77. The second-order valence-corrected chi connectivity index (χ2v) is 6.06. The number of nitrogens with zero attached hydrogens (tertiary/aromatic N) is 1. The summed E-state index contributed by atoms with van der Waals surface area (Å²) in [5.74, 6) is 0.521. The van der Waals surface area contributed by atoms with E-state index in [-0.39, 0.29) is 0 Å². The first kappa shape index (κ1) is 14.0. The molecule has 102 valence electrons. The number of hydrogen-bond donors (Lipinski definition) is 1. The molecular formula is C15H20N2OS. The smallest absolute Gasteiger partial charge is 0.146 e. The average molecular weight is 276 g/mol. The van der Waals surface area contributed by atoms with Gasteiger partial charge in [0.25, 0.3) is 0 Å². The van der Waals surface area contributed by atoms with Crippen LogP contribution in [0.25, 0.3) is 6.08 Å². The number of thiophene rings is 1. The van der Waals surface area contributed by atoms with Gasteiger partial charge in [0.1, 0.15) is 12.1 Å². The summed E-state index contributed by atoms with van der Waals surface area (Å²) < 4.78 is 0. The molecule has 0 bridgehead atoms. The van der Waals surface area contributed by atoms with Crippen molar-refractivity contribution in [2.45, 2.75) is 45.4 Å². The van der Waals surface area contributed by atoms with E-state index in [0.717, 1.165) is 23.3 Å². The van der Waals surface area contributed by atoms with Crippen molar-refractivity contribution >= 4 is 35.2 Å². The van der Waals surface area contributed by atoms with Gasteiger partial charge in [-0.05, 0) is 25.0 Å². The van der Waals surface area contributed by atoms with Crippen LogP contribution in [-0.2, 0) is 11.2 Å². The van der Waals surface area contributed by atoms with E-state index < -0.39 is 0 Å². The maximum atomic E-state index is 10.9. The number of aliphatic imine (C=N–C) groups is 1. The first-order chi connectivity index (χ1) is 9.22. The van der Waals surface area contributed by atoms with E-state index in [2.05, 4.69) is 18.0 Å². The maximum absolute atomic E-state index is 10.9. The largest absolute Gasteiger partial charge is 0.387 e. The highest BCUT2D eigenvalue weighted by Crippen LogP contribution is 2.34. The van der Waals surface area contributed by atoms with Crippen LogP contribution in [0.2, 0.25) is 0 Å². The lowest BCUT2D eigenvalue weighted by Crippen LogP contribution is -2.11. The Balaban J connectivity index is 2.11. The monoisotopic (exact) mass is 276 g/mol. The van der Waals surface area contributed by atoms with E-state index in [1.807, 2.05) is 6.08 Å². The van der Waals surface area contributed by atoms with Gasteiger partial charge in [-0.3, -0.25) is 4.79 Å². The predicted molar refractivity (Wildman–Crippen MR) is 82.1 cm³/mol. The molecule has 2 heterocycles. The Morgan fingerprint density at radius 1 is 1.42 bits per heavy atom. The van der Waals surface area contributed by atoms with Crippen molar-refractivity contribution in [3.8, 4) is 0 Å². The zero-order valence-electron chi connectivity index (χ0n) is 11.3. The normalized spacial score (nSPS) is 14.4. The Morgan fingerprint density at radius 2 is 2.26 bits per heavy atom. The van der Waals surface area contributed by atoms with E-state index in [4.69, 9.17) is 5.73 Å². The summed E-state index contributed by atoms with van der Waals surface area (Å²) in [4.78, 5) is 17.7. The van der Waals surface area contributed by atoms with Gasteiger partial charge in [-0.15, -0.1) is 11.3 Å². The highest BCUT2D eigenvalue weighted by atomic mass is 32.1. The Kier molecular flexibility index (Phi) is 4.91.